The average Bonchev–Trinajstić information content (AvgIpc) is 2.93. The first kappa shape index (κ1) is 17.9. The lowest BCUT2D eigenvalue weighted by molar-refractivity contribution is -0.134. The lowest BCUT2D eigenvalue weighted by Gasteiger charge is -2.35. The molecule has 1 aromatic rings. The molecule has 2 rings (SSSR count). The lowest BCUT2D eigenvalue weighted by Crippen LogP contribution is -2.44. The summed E-state index contributed by atoms with van der Waals surface area (Å²) in [5.41, 5.74) is 0.286. The van der Waals surface area contributed by atoms with E-state index in [0.717, 1.165) is 31.5 Å². The molecule has 23 heavy (non-hydrogen) atoms. The van der Waals surface area contributed by atoms with E-state index in [2.05, 4.69) is 17.2 Å². The van der Waals surface area contributed by atoms with Gasteiger partial charge in [-0.15, -0.1) is 11.3 Å². The second-order valence-electron chi connectivity index (χ2n) is 7.17. The van der Waals surface area contributed by atoms with Crippen LogP contribution in [0.2, 0.25) is 0 Å². The molecule has 5 nitrogen and oxygen atoms in total. The van der Waals surface area contributed by atoms with Crippen LogP contribution in [0.1, 0.15) is 59.1 Å². The molecule has 0 bridgehead atoms. The van der Waals surface area contributed by atoms with E-state index in [9.17, 15) is 9.59 Å². The van der Waals surface area contributed by atoms with Gasteiger partial charge in [-0.3, -0.25) is 9.59 Å². The number of anilines is 1. The lowest BCUT2D eigenvalue weighted by atomic mass is 9.96. The van der Waals surface area contributed by atoms with E-state index in [1.165, 1.54) is 17.8 Å². The fraction of sp³-hybridized carbons (Fsp3) is 0.706. The van der Waals surface area contributed by atoms with Crippen molar-refractivity contribution in [2.24, 2.45) is 5.41 Å². The molecule has 6 heteroatoms. The number of aromatic nitrogens is 1. The number of nitrogens with one attached hydrogen (secondary N) is 1. The summed E-state index contributed by atoms with van der Waals surface area (Å²) in [6.45, 7) is 8.58. The van der Waals surface area contributed by atoms with Crippen molar-refractivity contribution in [3.05, 3.63) is 11.1 Å². The number of piperidine rings is 1. The first-order valence-corrected chi connectivity index (χ1v) is 9.24. The summed E-state index contributed by atoms with van der Waals surface area (Å²) in [6.07, 6.45) is 4.73. The van der Waals surface area contributed by atoms with E-state index in [1.54, 1.807) is 0 Å². The van der Waals surface area contributed by atoms with Crippen LogP contribution >= 0.6 is 11.3 Å². The maximum atomic E-state index is 12.5. The summed E-state index contributed by atoms with van der Waals surface area (Å²) in [5.74, 6) is 0.0855. The second kappa shape index (κ2) is 7.43. The van der Waals surface area contributed by atoms with Gasteiger partial charge < -0.3 is 10.2 Å². The Morgan fingerprint density at radius 1 is 1.39 bits per heavy atom. The van der Waals surface area contributed by atoms with Crippen molar-refractivity contribution in [1.82, 2.24) is 9.88 Å². The number of rotatable bonds is 4. The van der Waals surface area contributed by atoms with Gasteiger partial charge in [0, 0.05) is 23.4 Å². The van der Waals surface area contributed by atoms with Crippen molar-refractivity contribution in [3.8, 4) is 0 Å². The quantitative estimate of drug-likeness (QED) is 0.915. The molecular formula is C17H27N3O2S. The van der Waals surface area contributed by atoms with Crippen LogP contribution in [0.4, 0.5) is 5.13 Å². The first-order chi connectivity index (χ1) is 10.8. The van der Waals surface area contributed by atoms with E-state index in [-0.39, 0.29) is 11.8 Å². The van der Waals surface area contributed by atoms with Crippen LogP contribution in [0.25, 0.3) is 0 Å². The van der Waals surface area contributed by atoms with Gasteiger partial charge in [0.15, 0.2) is 5.13 Å². The molecule has 1 atom stereocenters. The Hall–Kier alpha value is -1.43. The van der Waals surface area contributed by atoms with Gasteiger partial charge in [-0.05, 0) is 25.7 Å². The number of carbonyl (C=O) groups excluding carboxylic acids is 2. The maximum absolute atomic E-state index is 12.5. The van der Waals surface area contributed by atoms with Gasteiger partial charge in [-0.25, -0.2) is 4.98 Å². The number of hydrogen-bond acceptors (Lipinski definition) is 4. The molecule has 0 aliphatic carbocycles. The van der Waals surface area contributed by atoms with Crippen LogP contribution in [0.5, 0.6) is 0 Å². The Balaban J connectivity index is 1.96. The molecule has 1 aliphatic rings. The SMILES string of the molecule is CCC1CCCCN1C(=O)Cc1csc(NC(=O)C(C)(C)C)n1. The minimum absolute atomic E-state index is 0.0631. The van der Waals surface area contributed by atoms with Crippen LogP contribution in [0.15, 0.2) is 5.38 Å². The number of hydrogen-bond donors (Lipinski definition) is 1. The van der Waals surface area contributed by atoms with E-state index in [4.69, 9.17) is 0 Å². The summed E-state index contributed by atoms with van der Waals surface area (Å²) < 4.78 is 0. The van der Waals surface area contributed by atoms with Crippen LogP contribution in [-0.2, 0) is 16.0 Å². The minimum Gasteiger partial charge on any atom is -0.339 e. The van der Waals surface area contributed by atoms with Gasteiger partial charge in [0.25, 0.3) is 0 Å². The highest BCUT2D eigenvalue weighted by Gasteiger charge is 2.26. The zero-order chi connectivity index (χ0) is 17.0. The molecular weight excluding hydrogens is 310 g/mol. The van der Waals surface area contributed by atoms with Crippen molar-refractivity contribution in [2.75, 3.05) is 11.9 Å². The zero-order valence-electron chi connectivity index (χ0n) is 14.5. The predicted octanol–water partition coefficient (Wildman–Crippen LogP) is 3.46. The van der Waals surface area contributed by atoms with Gasteiger partial charge in [0.05, 0.1) is 12.1 Å². The average molecular weight is 337 g/mol. The van der Waals surface area contributed by atoms with Gasteiger partial charge in [0.1, 0.15) is 0 Å². The normalized spacial score (nSPS) is 18.8. The third-order valence-electron chi connectivity index (χ3n) is 4.20. The monoisotopic (exact) mass is 337 g/mol. The van der Waals surface area contributed by atoms with Gasteiger partial charge in [-0.2, -0.15) is 0 Å². The van der Waals surface area contributed by atoms with Crippen molar-refractivity contribution in [3.63, 3.8) is 0 Å². The molecule has 128 valence electrons. The second-order valence-corrected chi connectivity index (χ2v) is 8.03. The fourth-order valence-electron chi connectivity index (χ4n) is 2.74. The third kappa shape index (κ3) is 4.77. The molecule has 0 aromatic carbocycles. The molecule has 1 N–H and O–H groups in total. The summed E-state index contributed by atoms with van der Waals surface area (Å²) in [5, 5.41) is 5.25. The molecule has 1 unspecified atom stereocenters. The summed E-state index contributed by atoms with van der Waals surface area (Å²) in [7, 11) is 0. The van der Waals surface area contributed by atoms with Crippen LogP contribution in [-0.4, -0.2) is 34.3 Å². The number of nitrogens with zero attached hydrogens (tertiary/aromatic N) is 2. The van der Waals surface area contributed by atoms with E-state index < -0.39 is 5.41 Å². The molecule has 0 radical (unpaired) electrons. The summed E-state index contributed by atoms with van der Waals surface area (Å²) >= 11 is 1.38. The largest absolute Gasteiger partial charge is 0.339 e. The molecule has 0 saturated carbocycles. The fourth-order valence-corrected chi connectivity index (χ4v) is 3.45. The van der Waals surface area contributed by atoms with Crippen LogP contribution < -0.4 is 5.32 Å². The molecule has 2 heterocycles. The Morgan fingerprint density at radius 2 is 2.13 bits per heavy atom. The molecule has 1 saturated heterocycles. The third-order valence-corrected chi connectivity index (χ3v) is 5.01. The predicted molar refractivity (Wildman–Crippen MR) is 93.5 cm³/mol. The maximum Gasteiger partial charge on any atom is 0.231 e. The highest BCUT2D eigenvalue weighted by molar-refractivity contribution is 7.13. The molecule has 1 fully saturated rings. The highest BCUT2D eigenvalue weighted by atomic mass is 32.1. The Labute approximate surface area is 142 Å². The highest BCUT2D eigenvalue weighted by Crippen LogP contribution is 2.23. The first-order valence-electron chi connectivity index (χ1n) is 8.36. The van der Waals surface area contributed by atoms with Crippen molar-refractivity contribution < 1.29 is 9.59 Å². The van der Waals surface area contributed by atoms with Gasteiger partial charge >= 0.3 is 0 Å². The van der Waals surface area contributed by atoms with Crippen molar-refractivity contribution in [1.29, 1.82) is 0 Å². The van der Waals surface area contributed by atoms with Crippen LogP contribution in [0, 0.1) is 5.41 Å². The number of likely N-dealkylation sites (tertiary alicyclic amines) is 1. The van der Waals surface area contributed by atoms with Crippen molar-refractivity contribution >= 4 is 28.3 Å². The Kier molecular flexibility index (Phi) is 5.79. The number of thiazole rings is 1. The van der Waals surface area contributed by atoms with E-state index in [0.29, 0.717) is 17.6 Å². The topological polar surface area (TPSA) is 62.3 Å². The molecule has 1 aromatic heterocycles. The molecule has 0 spiro atoms. The van der Waals surface area contributed by atoms with E-state index in [1.807, 2.05) is 31.1 Å². The zero-order valence-corrected chi connectivity index (χ0v) is 15.3. The van der Waals surface area contributed by atoms with E-state index >= 15 is 0 Å². The standard InChI is InChI=1S/C17H27N3O2S/c1-5-13-8-6-7-9-20(13)14(21)10-12-11-23-16(18-12)19-15(22)17(2,3)4/h11,13H,5-10H2,1-4H3,(H,18,19,22). The molecule has 1 aliphatic heterocycles. The number of amides is 2. The smallest absolute Gasteiger partial charge is 0.231 e. The minimum atomic E-state index is -0.455. The van der Waals surface area contributed by atoms with Gasteiger partial charge in [0.2, 0.25) is 11.8 Å². The summed E-state index contributed by atoms with van der Waals surface area (Å²) in [4.78, 5) is 30.9. The van der Waals surface area contributed by atoms with Gasteiger partial charge in [-0.1, -0.05) is 27.7 Å². The van der Waals surface area contributed by atoms with Crippen LogP contribution in [0.3, 0.4) is 0 Å². The van der Waals surface area contributed by atoms with Crippen molar-refractivity contribution in [2.45, 2.75) is 65.8 Å². The Morgan fingerprint density at radius 3 is 2.78 bits per heavy atom. The molecule has 2 amide bonds. The summed E-state index contributed by atoms with van der Waals surface area (Å²) in [6, 6.07) is 0.370. The Bertz CT molecular complexity index is 562. The number of carbonyl (C=O) groups is 2.